The van der Waals surface area contributed by atoms with Crippen molar-refractivity contribution in [1.29, 1.82) is 0 Å². The van der Waals surface area contributed by atoms with Gasteiger partial charge in [0.2, 0.25) is 0 Å². The molecule has 0 rings (SSSR count). The Hall–Kier alpha value is -0.270. The lowest BCUT2D eigenvalue weighted by Gasteiger charge is -2.07. The van der Waals surface area contributed by atoms with Gasteiger partial charge in [-0.2, -0.15) is 0 Å². The Morgan fingerprint density at radius 1 is 1.80 bits per heavy atom. The molecule has 0 bridgehead atoms. The highest BCUT2D eigenvalue weighted by molar-refractivity contribution is 7.52. The van der Waals surface area contributed by atoms with E-state index in [2.05, 4.69) is 11.1 Å². The van der Waals surface area contributed by atoms with Crippen LogP contribution in [0.25, 0.3) is 0 Å². The van der Waals surface area contributed by atoms with Crippen LogP contribution in [0.5, 0.6) is 0 Å². The first-order chi connectivity index (χ1) is 4.62. The first-order valence-electron chi connectivity index (χ1n) is 3.23. The molecular formula is C6H13O3P. The SMILES string of the molecule is C=COP(=O)(O)CCCC. The summed E-state index contributed by atoms with van der Waals surface area (Å²) in [5, 5.41) is 0. The van der Waals surface area contributed by atoms with Gasteiger partial charge in [0.05, 0.1) is 12.4 Å². The monoisotopic (exact) mass is 164 g/mol. The Labute approximate surface area is 61.2 Å². The van der Waals surface area contributed by atoms with Crippen molar-refractivity contribution in [2.24, 2.45) is 0 Å². The molecule has 0 aliphatic rings. The van der Waals surface area contributed by atoms with Crippen LogP contribution in [-0.4, -0.2) is 11.1 Å². The van der Waals surface area contributed by atoms with E-state index < -0.39 is 7.60 Å². The second kappa shape index (κ2) is 4.53. The molecule has 0 radical (unpaired) electrons. The summed E-state index contributed by atoms with van der Waals surface area (Å²) < 4.78 is 15.2. The molecule has 0 saturated carbocycles. The fraction of sp³-hybridized carbons (Fsp3) is 0.667. The van der Waals surface area contributed by atoms with Gasteiger partial charge in [0.1, 0.15) is 0 Å². The zero-order chi connectivity index (χ0) is 8.04. The van der Waals surface area contributed by atoms with Crippen molar-refractivity contribution >= 4 is 7.60 Å². The molecular weight excluding hydrogens is 151 g/mol. The lowest BCUT2D eigenvalue weighted by molar-refractivity contribution is 0.347. The molecule has 0 aliphatic heterocycles. The molecule has 0 saturated heterocycles. The van der Waals surface area contributed by atoms with Crippen LogP contribution < -0.4 is 0 Å². The van der Waals surface area contributed by atoms with Crippen LogP contribution in [0.4, 0.5) is 0 Å². The molecule has 1 atom stereocenters. The second-order valence-corrected chi connectivity index (χ2v) is 3.92. The van der Waals surface area contributed by atoms with Gasteiger partial charge >= 0.3 is 7.60 Å². The van der Waals surface area contributed by atoms with Crippen molar-refractivity contribution in [1.82, 2.24) is 0 Å². The Balaban J connectivity index is 3.63. The minimum absolute atomic E-state index is 0.218. The largest absolute Gasteiger partial charge is 0.433 e. The molecule has 60 valence electrons. The van der Waals surface area contributed by atoms with Gasteiger partial charge in [-0.25, -0.2) is 4.57 Å². The van der Waals surface area contributed by atoms with Crippen LogP contribution in [0.15, 0.2) is 12.8 Å². The Morgan fingerprint density at radius 3 is 2.80 bits per heavy atom. The summed E-state index contributed by atoms with van der Waals surface area (Å²) in [7, 11) is -3.33. The smallest absolute Gasteiger partial charge is 0.376 e. The fourth-order valence-electron chi connectivity index (χ4n) is 0.527. The van der Waals surface area contributed by atoms with E-state index in [1.165, 1.54) is 0 Å². The third-order valence-electron chi connectivity index (χ3n) is 1.03. The van der Waals surface area contributed by atoms with E-state index in [1.807, 2.05) is 6.92 Å². The van der Waals surface area contributed by atoms with E-state index in [4.69, 9.17) is 4.89 Å². The Bertz CT molecular complexity index is 144. The lowest BCUT2D eigenvalue weighted by atomic mass is 10.4. The average molecular weight is 164 g/mol. The topological polar surface area (TPSA) is 46.5 Å². The van der Waals surface area contributed by atoms with Gasteiger partial charge in [-0.05, 0) is 6.42 Å². The predicted octanol–water partition coefficient (Wildman–Crippen LogP) is 2.13. The van der Waals surface area contributed by atoms with Crippen LogP contribution in [0.1, 0.15) is 19.8 Å². The first kappa shape index (κ1) is 9.73. The summed E-state index contributed by atoms with van der Waals surface area (Å²) in [6, 6.07) is 0. The van der Waals surface area contributed by atoms with E-state index in [9.17, 15) is 4.57 Å². The van der Waals surface area contributed by atoms with Gasteiger partial charge in [0.25, 0.3) is 0 Å². The molecule has 3 nitrogen and oxygen atoms in total. The standard InChI is InChI=1S/C6H13O3P/c1-3-5-6-10(7,8)9-4-2/h4H,2-3,5-6H2,1H3,(H,7,8). The molecule has 1 N–H and O–H groups in total. The maximum atomic E-state index is 10.8. The fourth-order valence-corrected chi connectivity index (χ4v) is 1.58. The summed E-state index contributed by atoms with van der Waals surface area (Å²) in [6.07, 6.45) is 2.83. The van der Waals surface area contributed by atoms with Crippen molar-refractivity contribution in [2.75, 3.05) is 6.16 Å². The van der Waals surface area contributed by atoms with Crippen molar-refractivity contribution in [2.45, 2.75) is 19.8 Å². The minimum atomic E-state index is -3.33. The van der Waals surface area contributed by atoms with Crippen molar-refractivity contribution in [3.05, 3.63) is 12.8 Å². The Morgan fingerprint density at radius 2 is 2.40 bits per heavy atom. The molecule has 0 fully saturated rings. The number of rotatable bonds is 5. The third kappa shape index (κ3) is 4.59. The minimum Gasteiger partial charge on any atom is -0.433 e. The normalized spacial score (nSPS) is 15.8. The summed E-state index contributed by atoms with van der Waals surface area (Å²) in [6.45, 7) is 5.15. The van der Waals surface area contributed by atoms with Crippen LogP contribution >= 0.6 is 7.60 Å². The quantitative estimate of drug-likeness (QED) is 0.500. The third-order valence-corrected chi connectivity index (χ3v) is 2.39. The van der Waals surface area contributed by atoms with Gasteiger partial charge in [-0.1, -0.05) is 19.9 Å². The van der Waals surface area contributed by atoms with Crippen LogP contribution in [-0.2, 0) is 9.09 Å². The van der Waals surface area contributed by atoms with E-state index in [-0.39, 0.29) is 6.16 Å². The molecule has 0 amide bonds. The molecule has 0 aliphatic carbocycles. The molecule has 0 aromatic carbocycles. The highest BCUT2D eigenvalue weighted by Gasteiger charge is 2.16. The number of hydrogen-bond donors (Lipinski definition) is 1. The van der Waals surface area contributed by atoms with Crippen molar-refractivity contribution in [3.8, 4) is 0 Å². The highest BCUT2D eigenvalue weighted by Crippen LogP contribution is 2.42. The zero-order valence-corrected chi connectivity index (χ0v) is 7.01. The second-order valence-electron chi connectivity index (χ2n) is 1.99. The van der Waals surface area contributed by atoms with Crippen LogP contribution in [0, 0.1) is 0 Å². The highest BCUT2D eigenvalue weighted by atomic mass is 31.2. The van der Waals surface area contributed by atoms with E-state index >= 15 is 0 Å². The van der Waals surface area contributed by atoms with Gasteiger partial charge in [0, 0.05) is 0 Å². The first-order valence-corrected chi connectivity index (χ1v) is 5.00. The van der Waals surface area contributed by atoms with Crippen LogP contribution in [0.2, 0.25) is 0 Å². The van der Waals surface area contributed by atoms with E-state index in [0.717, 1.165) is 12.7 Å². The average Bonchev–Trinajstić information content (AvgIpc) is 1.84. The molecule has 10 heavy (non-hydrogen) atoms. The maximum Gasteiger partial charge on any atom is 0.376 e. The Kier molecular flexibility index (Phi) is 4.41. The molecule has 4 heteroatoms. The van der Waals surface area contributed by atoms with Gasteiger partial charge < -0.3 is 9.42 Å². The zero-order valence-electron chi connectivity index (χ0n) is 6.12. The molecule has 0 aromatic heterocycles. The molecule has 0 heterocycles. The summed E-state index contributed by atoms with van der Waals surface area (Å²) >= 11 is 0. The predicted molar refractivity (Wildman–Crippen MR) is 40.9 cm³/mol. The number of hydrogen-bond acceptors (Lipinski definition) is 2. The summed E-state index contributed by atoms with van der Waals surface area (Å²) in [5.74, 6) is 0. The van der Waals surface area contributed by atoms with E-state index in [1.54, 1.807) is 0 Å². The summed E-state index contributed by atoms with van der Waals surface area (Å²) in [5.41, 5.74) is 0. The van der Waals surface area contributed by atoms with Gasteiger partial charge in [-0.15, -0.1) is 0 Å². The van der Waals surface area contributed by atoms with Gasteiger partial charge in [-0.3, -0.25) is 0 Å². The lowest BCUT2D eigenvalue weighted by Crippen LogP contribution is -1.88. The number of unbranched alkanes of at least 4 members (excludes halogenated alkanes) is 1. The van der Waals surface area contributed by atoms with Crippen molar-refractivity contribution < 1.29 is 14.0 Å². The summed E-state index contributed by atoms with van der Waals surface area (Å²) in [4.78, 5) is 8.91. The molecule has 0 spiro atoms. The van der Waals surface area contributed by atoms with Crippen molar-refractivity contribution in [3.63, 3.8) is 0 Å². The maximum absolute atomic E-state index is 10.8. The van der Waals surface area contributed by atoms with Crippen LogP contribution in [0.3, 0.4) is 0 Å². The van der Waals surface area contributed by atoms with Gasteiger partial charge in [0.15, 0.2) is 0 Å². The van der Waals surface area contributed by atoms with E-state index in [0.29, 0.717) is 6.42 Å². The molecule has 1 unspecified atom stereocenters. The molecule has 0 aromatic rings.